The molecule has 0 fully saturated rings. The molecule has 0 saturated heterocycles. The van der Waals surface area contributed by atoms with Gasteiger partial charge < -0.3 is 5.11 Å². The summed E-state index contributed by atoms with van der Waals surface area (Å²) < 4.78 is 0. The number of ketones is 1. The van der Waals surface area contributed by atoms with E-state index in [4.69, 9.17) is 0 Å². The van der Waals surface area contributed by atoms with E-state index < -0.39 is 11.8 Å². The molecule has 0 unspecified atom stereocenters. The van der Waals surface area contributed by atoms with Crippen molar-refractivity contribution in [1.29, 1.82) is 0 Å². The lowest BCUT2D eigenvalue weighted by atomic mass is 9.90. The van der Waals surface area contributed by atoms with Crippen LogP contribution in [0.3, 0.4) is 0 Å². The van der Waals surface area contributed by atoms with Gasteiger partial charge in [-0.2, -0.15) is 0 Å². The SMILES string of the molecule is O=Cc1c(C(=O)c2ccc(C(=O)O)c3ccccc23)cc2ccccc2c1N=O. The van der Waals surface area contributed by atoms with E-state index in [-0.39, 0.29) is 27.9 Å². The van der Waals surface area contributed by atoms with Crippen LogP contribution in [0.4, 0.5) is 5.69 Å². The van der Waals surface area contributed by atoms with E-state index in [0.29, 0.717) is 27.8 Å². The van der Waals surface area contributed by atoms with E-state index in [1.54, 1.807) is 54.6 Å². The van der Waals surface area contributed by atoms with Crippen molar-refractivity contribution >= 4 is 45.3 Å². The highest BCUT2D eigenvalue weighted by molar-refractivity contribution is 6.23. The number of carboxylic acids is 1. The van der Waals surface area contributed by atoms with E-state index in [1.807, 2.05) is 0 Å². The largest absolute Gasteiger partial charge is 0.478 e. The number of hydrogen-bond donors (Lipinski definition) is 1. The summed E-state index contributed by atoms with van der Waals surface area (Å²) in [7, 11) is 0. The minimum absolute atomic E-state index is 0.0431. The summed E-state index contributed by atoms with van der Waals surface area (Å²) >= 11 is 0. The second-order valence-electron chi connectivity index (χ2n) is 6.46. The maximum absolute atomic E-state index is 13.4. The van der Waals surface area contributed by atoms with Gasteiger partial charge in [0, 0.05) is 16.5 Å². The van der Waals surface area contributed by atoms with Crippen LogP contribution in [0, 0.1) is 4.91 Å². The Bertz CT molecular complexity index is 1340. The quantitative estimate of drug-likeness (QED) is 0.292. The molecule has 0 aliphatic rings. The first-order chi connectivity index (χ1) is 14.1. The normalized spacial score (nSPS) is 10.8. The molecule has 29 heavy (non-hydrogen) atoms. The zero-order valence-electron chi connectivity index (χ0n) is 15.0. The van der Waals surface area contributed by atoms with E-state index in [9.17, 15) is 24.4 Å². The van der Waals surface area contributed by atoms with E-state index in [1.165, 1.54) is 12.1 Å². The third-order valence-corrected chi connectivity index (χ3v) is 4.91. The lowest BCUT2D eigenvalue weighted by Crippen LogP contribution is -2.08. The molecule has 4 aromatic rings. The Labute approximate surface area is 164 Å². The molecule has 0 aliphatic heterocycles. The molecule has 0 aromatic heterocycles. The molecule has 6 nitrogen and oxygen atoms in total. The van der Waals surface area contributed by atoms with Gasteiger partial charge in [0.1, 0.15) is 5.69 Å². The first kappa shape index (κ1) is 18.2. The fourth-order valence-electron chi connectivity index (χ4n) is 3.58. The number of nitrogens with zero attached hydrogens (tertiary/aromatic N) is 1. The van der Waals surface area contributed by atoms with Gasteiger partial charge in [0.15, 0.2) is 12.1 Å². The van der Waals surface area contributed by atoms with Crippen LogP contribution in [-0.2, 0) is 0 Å². The first-order valence-electron chi connectivity index (χ1n) is 8.71. The van der Waals surface area contributed by atoms with Gasteiger partial charge >= 0.3 is 5.97 Å². The zero-order chi connectivity index (χ0) is 20.5. The predicted molar refractivity (Wildman–Crippen MR) is 109 cm³/mol. The number of fused-ring (bicyclic) bond motifs is 2. The Morgan fingerprint density at radius 3 is 2.00 bits per heavy atom. The number of aldehydes is 1. The van der Waals surface area contributed by atoms with Crippen molar-refractivity contribution in [2.75, 3.05) is 0 Å². The van der Waals surface area contributed by atoms with E-state index in [2.05, 4.69) is 5.18 Å². The van der Waals surface area contributed by atoms with Gasteiger partial charge in [0.2, 0.25) is 0 Å². The monoisotopic (exact) mass is 383 g/mol. The second-order valence-corrected chi connectivity index (χ2v) is 6.46. The van der Waals surface area contributed by atoms with Gasteiger partial charge in [-0.15, -0.1) is 4.91 Å². The highest BCUT2D eigenvalue weighted by atomic mass is 16.4. The van der Waals surface area contributed by atoms with Crippen molar-refractivity contribution in [3.05, 3.63) is 93.9 Å². The maximum Gasteiger partial charge on any atom is 0.336 e. The molecule has 1 N–H and O–H groups in total. The zero-order valence-corrected chi connectivity index (χ0v) is 15.0. The highest BCUT2D eigenvalue weighted by Crippen LogP contribution is 2.34. The van der Waals surface area contributed by atoms with Crippen LogP contribution in [0.15, 0.2) is 71.9 Å². The molecule has 140 valence electrons. The van der Waals surface area contributed by atoms with Gasteiger partial charge in [-0.05, 0) is 39.5 Å². The van der Waals surface area contributed by atoms with Crippen molar-refractivity contribution < 1.29 is 19.5 Å². The summed E-state index contributed by atoms with van der Waals surface area (Å²) in [4.78, 5) is 48.1. The molecule has 0 heterocycles. The summed E-state index contributed by atoms with van der Waals surface area (Å²) in [5, 5.41) is 14.4. The molecular formula is C23H13NO5. The lowest BCUT2D eigenvalue weighted by molar-refractivity contribution is 0.0698. The Kier molecular flexibility index (Phi) is 4.44. The Hall–Kier alpha value is -4.19. The molecule has 0 amide bonds. The molecule has 0 aliphatic carbocycles. The van der Waals surface area contributed by atoms with Crippen LogP contribution in [0.2, 0.25) is 0 Å². The topological polar surface area (TPSA) is 101 Å². The summed E-state index contributed by atoms with van der Waals surface area (Å²) in [6.07, 6.45) is 0.449. The number of carbonyl (C=O) groups is 3. The minimum atomic E-state index is -1.10. The number of aromatic carboxylic acids is 1. The van der Waals surface area contributed by atoms with Crippen molar-refractivity contribution in [2.45, 2.75) is 0 Å². The standard InChI is InChI=1S/C23H13NO5/c25-12-20-19(11-13-5-1-2-6-14(13)21(20)24-29)22(26)17-9-10-18(23(27)28)16-8-4-3-7-15(16)17/h1-12H,(H,27,28). The number of carbonyl (C=O) groups excluding carboxylic acids is 2. The predicted octanol–water partition coefficient (Wildman–Crippen LogP) is 5.13. The molecule has 6 heteroatoms. The number of nitroso groups, excluding NO2 is 1. The summed E-state index contributed by atoms with van der Waals surface area (Å²) in [6.45, 7) is 0. The summed E-state index contributed by atoms with van der Waals surface area (Å²) in [5.41, 5.74) is 0.173. The minimum Gasteiger partial charge on any atom is -0.478 e. The van der Waals surface area contributed by atoms with Crippen molar-refractivity contribution in [1.82, 2.24) is 0 Å². The van der Waals surface area contributed by atoms with E-state index in [0.717, 1.165) is 0 Å². The lowest BCUT2D eigenvalue weighted by Gasteiger charge is -2.12. The van der Waals surface area contributed by atoms with Crippen LogP contribution in [0.1, 0.15) is 36.6 Å². The third-order valence-electron chi connectivity index (χ3n) is 4.91. The molecule has 0 spiro atoms. The van der Waals surface area contributed by atoms with Crippen LogP contribution in [-0.4, -0.2) is 23.1 Å². The number of benzene rings is 4. The smallest absolute Gasteiger partial charge is 0.336 e. The van der Waals surface area contributed by atoms with E-state index >= 15 is 0 Å². The number of rotatable bonds is 5. The molecule has 0 saturated carbocycles. The molecule has 0 atom stereocenters. The van der Waals surface area contributed by atoms with Crippen molar-refractivity contribution in [3.63, 3.8) is 0 Å². The van der Waals surface area contributed by atoms with Crippen LogP contribution >= 0.6 is 0 Å². The molecule has 0 bridgehead atoms. The van der Waals surface area contributed by atoms with Gasteiger partial charge in [-0.25, -0.2) is 4.79 Å². The molecule has 4 aromatic carbocycles. The van der Waals surface area contributed by atoms with Crippen molar-refractivity contribution in [2.24, 2.45) is 5.18 Å². The highest BCUT2D eigenvalue weighted by Gasteiger charge is 2.22. The van der Waals surface area contributed by atoms with Crippen LogP contribution < -0.4 is 0 Å². The fourth-order valence-corrected chi connectivity index (χ4v) is 3.58. The van der Waals surface area contributed by atoms with Gasteiger partial charge in [-0.3, -0.25) is 9.59 Å². The Morgan fingerprint density at radius 2 is 1.38 bits per heavy atom. The molecule has 0 radical (unpaired) electrons. The fraction of sp³-hybridized carbons (Fsp3) is 0. The van der Waals surface area contributed by atoms with Gasteiger partial charge in [-0.1, -0.05) is 48.5 Å². The van der Waals surface area contributed by atoms with Gasteiger partial charge in [0.25, 0.3) is 0 Å². The molecular weight excluding hydrogens is 370 g/mol. The Balaban J connectivity index is 2.02. The molecule has 4 rings (SSSR count). The Morgan fingerprint density at radius 1 is 0.793 bits per heavy atom. The van der Waals surface area contributed by atoms with Crippen LogP contribution in [0.5, 0.6) is 0 Å². The maximum atomic E-state index is 13.4. The van der Waals surface area contributed by atoms with Crippen LogP contribution in [0.25, 0.3) is 21.5 Å². The number of hydrogen-bond acceptors (Lipinski definition) is 5. The summed E-state index contributed by atoms with van der Waals surface area (Å²) in [6, 6.07) is 17.8. The summed E-state index contributed by atoms with van der Waals surface area (Å²) in [5.74, 6) is -1.59. The van der Waals surface area contributed by atoms with Gasteiger partial charge in [0.05, 0.1) is 11.1 Å². The first-order valence-corrected chi connectivity index (χ1v) is 8.71. The average Bonchev–Trinajstić information content (AvgIpc) is 2.76. The third kappa shape index (κ3) is 2.87. The second kappa shape index (κ2) is 7.09. The van der Waals surface area contributed by atoms with Crippen molar-refractivity contribution in [3.8, 4) is 0 Å². The number of carboxylic acid groups (broad SMARTS) is 1. The average molecular weight is 383 g/mol.